The first-order chi connectivity index (χ1) is 22.1. The van der Waals surface area contributed by atoms with E-state index in [0.29, 0.717) is 41.1 Å². The Kier molecular flexibility index (Phi) is 9.23. The zero-order chi connectivity index (χ0) is 32.4. The number of amides is 2. The number of benzene rings is 2. The minimum atomic E-state index is -3.72. The maximum atomic E-state index is 14.5. The van der Waals surface area contributed by atoms with Crippen LogP contribution < -0.4 is 10.2 Å². The minimum absolute atomic E-state index is 0.0105. The molecule has 0 bridgehead atoms. The number of anilines is 1. The maximum absolute atomic E-state index is 14.5. The van der Waals surface area contributed by atoms with E-state index in [1.54, 1.807) is 30.1 Å². The number of aryl methyl sites for hydroxylation is 2. The number of hydrogen-bond donors (Lipinski definition) is 1. The topological polar surface area (TPSA) is 135 Å². The average molecular weight is 647 g/mol. The highest BCUT2D eigenvalue weighted by Gasteiger charge is 2.37. The molecule has 0 spiro atoms. The Balaban J connectivity index is 1.40. The van der Waals surface area contributed by atoms with E-state index < -0.39 is 22.0 Å². The van der Waals surface area contributed by atoms with Gasteiger partial charge in [-0.1, -0.05) is 43.5 Å². The molecule has 1 saturated carbocycles. The SMILES string of the molecule is Cc1nn(C)cc1[C@H](C(=O)NC1CCCCC1)N(C(=O)Cn1nnc2ccccc21)c1ccc(S(=O)(=O)N2CCC[C@H](C)C2)cc1. The quantitative estimate of drug-likeness (QED) is 0.289. The van der Waals surface area contributed by atoms with Gasteiger partial charge < -0.3 is 5.32 Å². The number of nitrogens with one attached hydrogen (secondary N) is 1. The minimum Gasteiger partial charge on any atom is -0.351 e. The lowest BCUT2D eigenvalue weighted by Crippen LogP contribution is -2.48. The fraction of sp³-hybridized carbons (Fsp3) is 0.485. The molecule has 2 amide bonds. The Morgan fingerprint density at radius 3 is 2.46 bits per heavy atom. The molecule has 3 heterocycles. The molecule has 244 valence electrons. The summed E-state index contributed by atoms with van der Waals surface area (Å²) in [4.78, 5) is 30.4. The third kappa shape index (κ3) is 6.57. The first-order valence-corrected chi connectivity index (χ1v) is 17.6. The Bertz CT molecular complexity index is 1810. The molecule has 2 atom stereocenters. The number of carbonyl (C=O) groups is 2. The molecular formula is C33H42N8O4S. The average Bonchev–Trinajstić information content (AvgIpc) is 3.61. The van der Waals surface area contributed by atoms with E-state index in [1.165, 1.54) is 26.0 Å². The normalized spacial score (nSPS) is 18.8. The van der Waals surface area contributed by atoms with Crippen molar-refractivity contribution < 1.29 is 18.0 Å². The molecule has 0 unspecified atom stereocenters. The molecule has 13 heteroatoms. The first-order valence-electron chi connectivity index (χ1n) is 16.1. The summed E-state index contributed by atoms with van der Waals surface area (Å²) in [5, 5.41) is 16.2. The Hall–Kier alpha value is -4.10. The van der Waals surface area contributed by atoms with Crippen molar-refractivity contribution in [2.24, 2.45) is 13.0 Å². The van der Waals surface area contributed by atoms with Crippen molar-refractivity contribution in [3.8, 4) is 0 Å². The van der Waals surface area contributed by atoms with Crippen LogP contribution in [0.25, 0.3) is 11.0 Å². The van der Waals surface area contributed by atoms with Crippen LogP contribution in [-0.2, 0) is 33.2 Å². The molecule has 0 radical (unpaired) electrons. The van der Waals surface area contributed by atoms with Gasteiger partial charge in [-0.05, 0) is 74.9 Å². The summed E-state index contributed by atoms with van der Waals surface area (Å²) in [7, 11) is -1.94. The number of rotatable bonds is 9. The van der Waals surface area contributed by atoms with E-state index in [9.17, 15) is 18.0 Å². The molecule has 46 heavy (non-hydrogen) atoms. The molecule has 4 aromatic rings. The van der Waals surface area contributed by atoms with E-state index >= 15 is 0 Å². The fourth-order valence-electron chi connectivity index (χ4n) is 6.78. The maximum Gasteiger partial charge on any atom is 0.249 e. The lowest BCUT2D eigenvalue weighted by atomic mass is 9.94. The lowest BCUT2D eigenvalue weighted by molar-refractivity contribution is -0.127. The van der Waals surface area contributed by atoms with Gasteiger partial charge in [0.25, 0.3) is 0 Å². The van der Waals surface area contributed by atoms with Crippen LogP contribution in [0.3, 0.4) is 0 Å². The number of sulfonamides is 1. The predicted molar refractivity (Wildman–Crippen MR) is 174 cm³/mol. The zero-order valence-electron chi connectivity index (χ0n) is 26.7. The smallest absolute Gasteiger partial charge is 0.249 e. The van der Waals surface area contributed by atoms with E-state index in [4.69, 9.17) is 0 Å². The third-order valence-corrected chi connectivity index (χ3v) is 11.0. The summed E-state index contributed by atoms with van der Waals surface area (Å²) in [6.45, 7) is 4.65. The molecule has 6 rings (SSSR count). The second-order valence-electron chi connectivity index (χ2n) is 12.7. The third-order valence-electron chi connectivity index (χ3n) is 9.15. The van der Waals surface area contributed by atoms with Gasteiger partial charge in [0.1, 0.15) is 18.1 Å². The highest BCUT2D eigenvalue weighted by Crippen LogP contribution is 2.33. The second kappa shape index (κ2) is 13.3. The molecule has 1 aliphatic heterocycles. The summed E-state index contributed by atoms with van der Waals surface area (Å²) in [5.74, 6) is -0.420. The van der Waals surface area contributed by atoms with Crippen molar-refractivity contribution in [2.75, 3.05) is 18.0 Å². The summed E-state index contributed by atoms with van der Waals surface area (Å²) < 4.78 is 31.8. The van der Waals surface area contributed by atoms with E-state index in [0.717, 1.165) is 44.9 Å². The van der Waals surface area contributed by atoms with Crippen LogP contribution in [0.5, 0.6) is 0 Å². The van der Waals surface area contributed by atoms with Gasteiger partial charge >= 0.3 is 0 Å². The Morgan fingerprint density at radius 1 is 1.02 bits per heavy atom. The van der Waals surface area contributed by atoms with Crippen molar-refractivity contribution in [1.29, 1.82) is 0 Å². The van der Waals surface area contributed by atoms with Gasteiger partial charge in [-0.15, -0.1) is 5.10 Å². The monoisotopic (exact) mass is 646 g/mol. The van der Waals surface area contributed by atoms with E-state index in [2.05, 4.69) is 27.7 Å². The van der Waals surface area contributed by atoms with Gasteiger partial charge in [0.15, 0.2) is 0 Å². The number of carbonyl (C=O) groups excluding carboxylic acids is 2. The van der Waals surface area contributed by atoms with Crippen LogP contribution in [0.2, 0.25) is 0 Å². The van der Waals surface area contributed by atoms with E-state index in [-0.39, 0.29) is 29.3 Å². The molecule has 2 fully saturated rings. The van der Waals surface area contributed by atoms with Crippen LogP contribution in [0, 0.1) is 12.8 Å². The lowest BCUT2D eigenvalue weighted by Gasteiger charge is -2.33. The molecule has 2 aromatic heterocycles. The first kappa shape index (κ1) is 31.9. The van der Waals surface area contributed by atoms with Gasteiger partial charge in [0.2, 0.25) is 21.8 Å². The van der Waals surface area contributed by atoms with Crippen LogP contribution in [0.1, 0.15) is 69.2 Å². The standard InChI is InChI=1S/C33H42N8O4S/c1-23-10-9-19-39(20-23)46(44,45)27-17-15-26(16-18-27)41(31(42)22-40-30-14-8-7-13-29(30)35-37-40)32(28-21-38(3)36-24(28)2)33(43)34-25-11-5-4-6-12-25/h7-8,13-18,21,23,25,32H,4-6,9-12,19-20,22H2,1-3H3,(H,34,43)/t23-,32+/m0/s1. The van der Waals surface area contributed by atoms with Gasteiger partial charge in [0, 0.05) is 43.6 Å². The van der Waals surface area contributed by atoms with Crippen LogP contribution >= 0.6 is 0 Å². The van der Waals surface area contributed by atoms with Gasteiger partial charge in [-0.2, -0.15) is 9.40 Å². The summed E-state index contributed by atoms with van der Waals surface area (Å²) in [5.41, 5.74) is 2.94. The van der Waals surface area contributed by atoms with Crippen molar-refractivity contribution in [3.05, 3.63) is 66.0 Å². The second-order valence-corrected chi connectivity index (χ2v) is 14.6. The summed E-state index contributed by atoms with van der Waals surface area (Å²) >= 11 is 0. The van der Waals surface area contributed by atoms with Gasteiger partial charge in [-0.3, -0.25) is 19.2 Å². The molecular weight excluding hydrogens is 604 g/mol. The number of para-hydroxylation sites is 1. The number of hydrogen-bond acceptors (Lipinski definition) is 7. The van der Waals surface area contributed by atoms with Crippen molar-refractivity contribution in [1.82, 2.24) is 34.4 Å². The molecule has 12 nitrogen and oxygen atoms in total. The molecule has 1 aliphatic carbocycles. The Labute approximate surface area is 269 Å². The molecule has 2 aliphatic rings. The van der Waals surface area contributed by atoms with Crippen molar-refractivity contribution in [2.45, 2.75) is 82.3 Å². The highest BCUT2D eigenvalue weighted by atomic mass is 32.2. The largest absolute Gasteiger partial charge is 0.351 e. The van der Waals surface area contributed by atoms with E-state index in [1.807, 2.05) is 31.2 Å². The molecule has 1 saturated heterocycles. The Morgan fingerprint density at radius 2 is 1.76 bits per heavy atom. The zero-order valence-corrected chi connectivity index (χ0v) is 27.5. The van der Waals surface area contributed by atoms with Gasteiger partial charge in [0.05, 0.1) is 16.1 Å². The van der Waals surface area contributed by atoms with Crippen molar-refractivity contribution in [3.63, 3.8) is 0 Å². The van der Waals surface area contributed by atoms with Crippen LogP contribution in [0.15, 0.2) is 59.6 Å². The number of piperidine rings is 1. The van der Waals surface area contributed by atoms with Crippen LogP contribution in [0.4, 0.5) is 5.69 Å². The van der Waals surface area contributed by atoms with Crippen LogP contribution in [-0.4, -0.2) is 68.4 Å². The number of fused-ring (bicyclic) bond motifs is 1. The molecule has 2 aromatic carbocycles. The number of nitrogens with zero attached hydrogens (tertiary/aromatic N) is 7. The molecule has 1 N–H and O–H groups in total. The number of aromatic nitrogens is 5. The van der Waals surface area contributed by atoms with Gasteiger partial charge in [-0.25, -0.2) is 13.1 Å². The fourth-order valence-corrected chi connectivity index (χ4v) is 8.38. The van der Waals surface area contributed by atoms with Crippen molar-refractivity contribution >= 4 is 38.6 Å². The highest BCUT2D eigenvalue weighted by molar-refractivity contribution is 7.89. The predicted octanol–water partition coefficient (Wildman–Crippen LogP) is 4.12. The summed E-state index contributed by atoms with van der Waals surface area (Å²) in [6.07, 6.45) is 8.56. The summed E-state index contributed by atoms with van der Waals surface area (Å²) in [6, 6.07) is 12.6.